The first-order valence-corrected chi connectivity index (χ1v) is 11.6. The lowest BCUT2D eigenvalue weighted by Crippen LogP contribution is -2.44. The Hall–Kier alpha value is -3.85. The van der Waals surface area contributed by atoms with Gasteiger partial charge in [0.25, 0.3) is 15.9 Å². The van der Waals surface area contributed by atoms with Gasteiger partial charge in [-0.15, -0.1) is 0 Å². The Labute approximate surface area is 192 Å². The highest BCUT2D eigenvalue weighted by atomic mass is 32.2. The fourth-order valence-electron chi connectivity index (χ4n) is 2.98. The lowest BCUT2D eigenvalue weighted by Gasteiger charge is -2.18. The molecule has 0 aliphatic carbocycles. The molecule has 3 aromatic carbocycles. The number of anilines is 1. The van der Waals surface area contributed by atoms with Gasteiger partial charge in [0.05, 0.1) is 10.6 Å². The molecule has 0 fully saturated rings. The van der Waals surface area contributed by atoms with Crippen molar-refractivity contribution in [2.45, 2.75) is 24.8 Å². The Morgan fingerprint density at radius 3 is 2.09 bits per heavy atom. The van der Waals surface area contributed by atoms with Crippen LogP contribution in [0.5, 0.6) is 11.5 Å². The molecule has 3 N–H and O–H groups in total. The predicted molar refractivity (Wildman–Crippen MR) is 124 cm³/mol. The molecule has 0 radical (unpaired) electrons. The van der Waals surface area contributed by atoms with Crippen molar-refractivity contribution in [3.05, 3.63) is 84.4 Å². The summed E-state index contributed by atoms with van der Waals surface area (Å²) in [5.74, 6) is -1.17. The summed E-state index contributed by atoms with van der Waals surface area (Å²) in [6.07, 6.45) is 0. The summed E-state index contributed by atoms with van der Waals surface area (Å²) in [6.45, 7) is 3.36. The van der Waals surface area contributed by atoms with Crippen LogP contribution in [-0.2, 0) is 14.8 Å². The molecule has 0 aliphatic rings. The van der Waals surface area contributed by atoms with Crippen molar-refractivity contribution in [3.8, 4) is 11.5 Å². The van der Waals surface area contributed by atoms with Crippen molar-refractivity contribution in [1.82, 2.24) is 5.32 Å². The van der Waals surface area contributed by atoms with E-state index in [4.69, 9.17) is 4.74 Å². The molecule has 33 heavy (non-hydrogen) atoms. The third-order valence-electron chi connectivity index (χ3n) is 4.75. The van der Waals surface area contributed by atoms with Crippen molar-refractivity contribution in [3.63, 3.8) is 0 Å². The summed E-state index contributed by atoms with van der Waals surface area (Å²) >= 11 is 0. The molecule has 0 spiro atoms. The zero-order valence-electron chi connectivity index (χ0n) is 18.1. The van der Waals surface area contributed by atoms with Gasteiger partial charge >= 0.3 is 5.97 Å². The highest BCUT2D eigenvalue weighted by Crippen LogP contribution is 2.30. The van der Waals surface area contributed by atoms with Crippen LogP contribution in [0, 0.1) is 5.92 Å². The molecular weight excluding hydrogens is 444 g/mol. The molecular formula is C24H24N2O6S. The minimum atomic E-state index is -3.98. The summed E-state index contributed by atoms with van der Waals surface area (Å²) in [5, 5.41) is 11.7. The monoisotopic (exact) mass is 468 g/mol. The molecule has 0 saturated heterocycles. The first-order valence-electron chi connectivity index (χ1n) is 10.2. The Balaban J connectivity index is 1.77. The maximum Gasteiger partial charge on any atom is 0.326 e. The Morgan fingerprint density at radius 2 is 1.48 bits per heavy atom. The first kappa shape index (κ1) is 23.8. The van der Waals surface area contributed by atoms with Crippen molar-refractivity contribution in [2.75, 3.05) is 4.72 Å². The van der Waals surface area contributed by atoms with Gasteiger partial charge in [-0.3, -0.25) is 9.52 Å². The van der Waals surface area contributed by atoms with Crippen LogP contribution in [-0.4, -0.2) is 31.4 Å². The van der Waals surface area contributed by atoms with E-state index in [1.165, 1.54) is 24.3 Å². The van der Waals surface area contributed by atoms with E-state index < -0.39 is 27.9 Å². The van der Waals surface area contributed by atoms with Gasteiger partial charge in [-0.1, -0.05) is 44.2 Å². The molecule has 0 aliphatic heterocycles. The second-order valence-electron chi connectivity index (χ2n) is 7.57. The molecule has 172 valence electrons. The van der Waals surface area contributed by atoms with Crippen LogP contribution in [0.2, 0.25) is 0 Å². The number of aliphatic carboxylic acids is 1. The molecule has 0 unspecified atom stereocenters. The van der Waals surface area contributed by atoms with Crippen LogP contribution in [0.4, 0.5) is 5.69 Å². The highest BCUT2D eigenvalue weighted by Gasteiger charge is 2.24. The molecule has 0 aromatic heterocycles. The number of hydrogen-bond acceptors (Lipinski definition) is 5. The lowest BCUT2D eigenvalue weighted by atomic mass is 10.0. The average molecular weight is 469 g/mol. The van der Waals surface area contributed by atoms with Gasteiger partial charge in [0.15, 0.2) is 5.75 Å². The second kappa shape index (κ2) is 10.2. The molecule has 0 saturated carbocycles. The zero-order chi connectivity index (χ0) is 24.0. The minimum absolute atomic E-state index is 0.0628. The summed E-state index contributed by atoms with van der Waals surface area (Å²) in [6, 6.07) is 19.8. The number of carbonyl (C=O) groups excluding carboxylic acids is 1. The number of benzene rings is 3. The number of para-hydroxylation sites is 3. The van der Waals surface area contributed by atoms with Crippen LogP contribution in [0.1, 0.15) is 24.2 Å². The van der Waals surface area contributed by atoms with E-state index in [0.717, 1.165) is 0 Å². The van der Waals surface area contributed by atoms with E-state index in [0.29, 0.717) is 11.5 Å². The smallest absolute Gasteiger partial charge is 0.326 e. The summed E-state index contributed by atoms with van der Waals surface area (Å²) in [4.78, 5) is 23.6. The fourth-order valence-corrected chi connectivity index (χ4v) is 4.05. The zero-order valence-corrected chi connectivity index (χ0v) is 18.9. The number of carbonyl (C=O) groups is 2. The van der Waals surface area contributed by atoms with Gasteiger partial charge in [0.2, 0.25) is 0 Å². The second-order valence-corrected chi connectivity index (χ2v) is 9.26. The Morgan fingerprint density at radius 1 is 0.879 bits per heavy atom. The van der Waals surface area contributed by atoms with Gasteiger partial charge in [0, 0.05) is 5.56 Å². The third-order valence-corrected chi connectivity index (χ3v) is 6.13. The molecule has 8 nitrogen and oxygen atoms in total. The number of amides is 1. The van der Waals surface area contributed by atoms with Crippen LogP contribution in [0.25, 0.3) is 0 Å². The Bertz CT molecular complexity index is 1230. The standard InChI is InChI=1S/C24H24N2O6S/c1-16(2)22(24(28)29)25-23(27)17-12-14-19(15-13-17)33(30,31)26-20-10-6-7-11-21(20)32-18-8-4-3-5-9-18/h3-16,22,26H,1-2H3,(H,25,27)(H,28,29)/t22-/m0/s1. The van der Waals surface area contributed by atoms with Crippen molar-refractivity contribution in [2.24, 2.45) is 5.92 Å². The van der Waals surface area contributed by atoms with E-state index >= 15 is 0 Å². The molecule has 0 heterocycles. The minimum Gasteiger partial charge on any atom is -0.480 e. The van der Waals surface area contributed by atoms with Crippen molar-refractivity contribution < 1.29 is 27.9 Å². The van der Waals surface area contributed by atoms with Crippen LogP contribution in [0.3, 0.4) is 0 Å². The lowest BCUT2D eigenvalue weighted by molar-refractivity contribution is -0.140. The molecule has 0 bridgehead atoms. The summed E-state index contributed by atoms with van der Waals surface area (Å²) in [5.41, 5.74) is 0.401. The number of carboxylic acids is 1. The fraction of sp³-hybridized carbons (Fsp3) is 0.167. The molecule has 9 heteroatoms. The van der Waals surface area contributed by atoms with Gasteiger partial charge in [-0.25, -0.2) is 13.2 Å². The van der Waals surface area contributed by atoms with Crippen molar-refractivity contribution in [1.29, 1.82) is 0 Å². The SMILES string of the molecule is CC(C)[C@H](NC(=O)c1ccc(S(=O)(=O)Nc2ccccc2Oc2ccccc2)cc1)C(=O)O. The first-order chi connectivity index (χ1) is 15.7. The maximum absolute atomic E-state index is 12.9. The van der Waals surface area contributed by atoms with E-state index in [-0.39, 0.29) is 22.1 Å². The predicted octanol–water partition coefficient (Wildman–Crippen LogP) is 4.12. The quantitative estimate of drug-likeness (QED) is 0.434. The number of carboxylic acid groups (broad SMARTS) is 1. The normalized spacial score (nSPS) is 12.1. The molecule has 3 rings (SSSR count). The van der Waals surface area contributed by atoms with Crippen molar-refractivity contribution >= 4 is 27.6 Å². The number of ether oxygens (including phenoxy) is 1. The van der Waals surface area contributed by atoms with E-state index in [1.807, 2.05) is 6.07 Å². The van der Waals surface area contributed by atoms with Crippen LogP contribution >= 0.6 is 0 Å². The Kier molecular flexibility index (Phi) is 7.34. The van der Waals surface area contributed by atoms with E-state index in [9.17, 15) is 23.1 Å². The van der Waals surface area contributed by atoms with E-state index in [2.05, 4.69) is 10.0 Å². The van der Waals surface area contributed by atoms with E-state index in [1.54, 1.807) is 62.4 Å². The summed E-state index contributed by atoms with van der Waals surface area (Å²) in [7, 11) is -3.98. The molecule has 1 amide bonds. The van der Waals surface area contributed by atoms with Crippen LogP contribution < -0.4 is 14.8 Å². The average Bonchev–Trinajstić information content (AvgIpc) is 2.79. The molecule has 3 aromatic rings. The molecule has 1 atom stereocenters. The van der Waals surface area contributed by atoms with Gasteiger partial charge in [0.1, 0.15) is 11.8 Å². The highest BCUT2D eigenvalue weighted by molar-refractivity contribution is 7.92. The third kappa shape index (κ3) is 6.11. The summed E-state index contributed by atoms with van der Waals surface area (Å²) < 4.78 is 34.1. The van der Waals surface area contributed by atoms with Gasteiger partial charge in [-0.2, -0.15) is 0 Å². The largest absolute Gasteiger partial charge is 0.480 e. The van der Waals surface area contributed by atoms with Crippen LogP contribution in [0.15, 0.2) is 83.8 Å². The van der Waals surface area contributed by atoms with Gasteiger partial charge < -0.3 is 15.2 Å². The number of nitrogens with one attached hydrogen (secondary N) is 2. The van der Waals surface area contributed by atoms with Gasteiger partial charge in [-0.05, 0) is 54.4 Å². The topological polar surface area (TPSA) is 122 Å². The number of hydrogen-bond donors (Lipinski definition) is 3. The maximum atomic E-state index is 12.9. The number of rotatable bonds is 9. The number of sulfonamides is 1.